The molecule has 3 rings (SSSR count). The van der Waals surface area contributed by atoms with Gasteiger partial charge in [0, 0.05) is 18.1 Å². The highest BCUT2D eigenvalue weighted by Crippen LogP contribution is 2.28. The third-order valence-corrected chi connectivity index (χ3v) is 4.72. The zero-order chi connectivity index (χ0) is 24.3. The molecule has 1 N–H and O–H groups in total. The molecule has 0 unspecified atom stereocenters. The van der Waals surface area contributed by atoms with Gasteiger partial charge in [-0.1, -0.05) is 48.5 Å². The lowest BCUT2D eigenvalue weighted by atomic mass is 10.1. The number of ether oxygens (including phenoxy) is 2. The predicted octanol–water partition coefficient (Wildman–Crippen LogP) is 4.31. The molecule has 0 aliphatic heterocycles. The van der Waals surface area contributed by atoms with Gasteiger partial charge < -0.3 is 14.8 Å². The van der Waals surface area contributed by atoms with Crippen LogP contribution in [0.5, 0.6) is 5.75 Å². The van der Waals surface area contributed by atoms with Crippen molar-refractivity contribution in [2.45, 2.75) is 26.4 Å². The van der Waals surface area contributed by atoms with Gasteiger partial charge in [-0.25, -0.2) is 4.98 Å². The molecule has 34 heavy (non-hydrogen) atoms. The number of hydrogen-bond acceptors (Lipinski definition) is 7. The molecule has 0 spiro atoms. The van der Waals surface area contributed by atoms with Crippen molar-refractivity contribution in [1.29, 1.82) is 5.26 Å². The van der Waals surface area contributed by atoms with Crippen molar-refractivity contribution in [1.82, 2.24) is 4.98 Å². The lowest BCUT2D eigenvalue weighted by Crippen LogP contribution is -2.16. The second-order valence-electron chi connectivity index (χ2n) is 7.17. The van der Waals surface area contributed by atoms with Crippen molar-refractivity contribution in [2.75, 3.05) is 11.9 Å². The largest absolute Gasteiger partial charge is 0.485 e. The van der Waals surface area contributed by atoms with Crippen LogP contribution in [0.2, 0.25) is 0 Å². The van der Waals surface area contributed by atoms with Crippen LogP contribution < -0.4 is 10.1 Å². The number of nitrogens with zero attached hydrogens (tertiary/aromatic N) is 2. The van der Waals surface area contributed by atoms with Gasteiger partial charge in [0.2, 0.25) is 0 Å². The minimum Gasteiger partial charge on any atom is -0.485 e. The Hall–Kier alpha value is -4.51. The monoisotopic (exact) mass is 457 g/mol. The van der Waals surface area contributed by atoms with Crippen LogP contribution in [0.25, 0.3) is 0 Å². The summed E-state index contributed by atoms with van der Waals surface area (Å²) in [5, 5.41) is 12.3. The maximum atomic E-state index is 13.0. The number of amides is 1. The molecule has 1 amide bonds. The van der Waals surface area contributed by atoms with Crippen molar-refractivity contribution >= 4 is 23.5 Å². The fraction of sp³-hybridized carbons (Fsp3) is 0.192. The molecule has 0 aliphatic rings. The first-order chi connectivity index (χ1) is 16.5. The van der Waals surface area contributed by atoms with Gasteiger partial charge >= 0.3 is 5.97 Å². The van der Waals surface area contributed by atoms with E-state index in [0.717, 1.165) is 5.56 Å². The van der Waals surface area contributed by atoms with Crippen molar-refractivity contribution in [3.63, 3.8) is 0 Å². The van der Waals surface area contributed by atoms with E-state index in [4.69, 9.17) is 9.47 Å². The lowest BCUT2D eigenvalue weighted by Gasteiger charge is -2.14. The van der Waals surface area contributed by atoms with E-state index >= 15 is 0 Å². The van der Waals surface area contributed by atoms with E-state index in [-0.39, 0.29) is 48.9 Å². The maximum absolute atomic E-state index is 13.0. The molecule has 1 aromatic heterocycles. The number of carbonyl (C=O) groups is 3. The van der Waals surface area contributed by atoms with Crippen LogP contribution in [0.1, 0.15) is 51.7 Å². The second kappa shape index (κ2) is 11.9. The Morgan fingerprint density at radius 2 is 1.68 bits per heavy atom. The first kappa shape index (κ1) is 24.1. The Morgan fingerprint density at radius 3 is 2.32 bits per heavy atom. The summed E-state index contributed by atoms with van der Waals surface area (Å²) in [5.41, 5.74) is 1.12. The second-order valence-corrected chi connectivity index (χ2v) is 7.17. The van der Waals surface area contributed by atoms with E-state index in [1.165, 1.54) is 6.07 Å². The molecule has 0 fully saturated rings. The molecule has 0 aliphatic carbocycles. The van der Waals surface area contributed by atoms with Crippen LogP contribution in [0.4, 0.5) is 5.82 Å². The van der Waals surface area contributed by atoms with E-state index in [0.29, 0.717) is 5.56 Å². The molecule has 8 nitrogen and oxygen atoms in total. The summed E-state index contributed by atoms with van der Waals surface area (Å²) in [7, 11) is 0. The lowest BCUT2D eigenvalue weighted by molar-refractivity contribution is -0.143. The first-order valence-corrected chi connectivity index (χ1v) is 10.7. The first-order valence-electron chi connectivity index (χ1n) is 10.7. The third kappa shape index (κ3) is 6.50. The summed E-state index contributed by atoms with van der Waals surface area (Å²) in [6.07, 6.45) is -0.330. The van der Waals surface area contributed by atoms with Gasteiger partial charge in [0.05, 0.1) is 13.0 Å². The number of aromatic nitrogens is 1. The zero-order valence-corrected chi connectivity index (χ0v) is 18.6. The van der Waals surface area contributed by atoms with Gasteiger partial charge in [0.25, 0.3) is 5.91 Å². The molecule has 172 valence electrons. The number of ketones is 1. The third-order valence-electron chi connectivity index (χ3n) is 4.72. The standard InChI is InChI=1S/C26H23N3O5/c1-2-33-23(31)14-13-21(30)24-25(34-17-18-9-5-3-6-10-18)20(16-27)15-22(28-24)29-26(32)19-11-7-4-8-12-19/h3-12,15H,2,13-14,17H2,1H3,(H,28,29,32). The van der Waals surface area contributed by atoms with Gasteiger partial charge in [-0.3, -0.25) is 14.4 Å². The van der Waals surface area contributed by atoms with Crippen LogP contribution in [0.15, 0.2) is 66.7 Å². The molecule has 0 radical (unpaired) electrons. The minimum atomic E-state index is -0.517. The maximum Gasteiger partial charge on any atom is 0.306 e. The number of pyridine rings is 1. The normalized spacial score (nSPS) is 10.1. The molecule has 0 saturated heterocycles. The predicted molar refractivity (Wildman–Crippen MR) is 124 cm³/mol. The number of benzene rings is 2. The van der Waals surface area contributed by atoms with E-state index in [9.17, 15) is 19.6 Å². The molecule has 0 atom stereocenters. The number of nitrogens with one attached hydrogen (secondary N) is 1. The summed E-state index contributed by atoms with van der Waals surface area (Å²) in [6, 6.07) is 21.1. The Bertz CT molecular complexity index is 1200. The summed E-state index contributed by atoms with van der Waals surface area (Å²) < 4.78 is 10.7. The Balaban J connectivity index is 1.92. The van der Waals surface area contributed by atoms with Crippen LogP contribution in [-0.2, 0) is 16.1 Å². The van der Waals surface area contributed by atoms with Crippen molar-refractivity contribution in [3.05, 3.63) is 89.1 Å². The van der Waals surface area contributed by atoms with Gasteiger partial charge in [0.15, 0.2) is 17.2 Å². The van der Waals surface area contributed by atoms with Crippen LogP contribution >= 0.6 is 0 Å². The fourth-order valence-electron chi connectivity index (χ4n) is 3.09. The number of nitriles is 1. The smallest absolute Gasteiger partial charge is 0.306 e. The van der Waals surface area contributed by atoms with Crippen LogP contribution in [0.3, 0.4) is 0 Å². The van der Waals surface area contributed by atoms with Gasteiger partial charge in [0.1, 0.15) is 24.1 Å². The van der Waals surface area contributed by atoms with Gasteiger partial charge in [-0.15, -0.1) is 0 Å². The number of carbonyl (C=O) groups excluding carboxylic acids is 3. The molecule has 1 heterocycles. The van der Waals surface area contributed by atoms with Gasteiger partial charge in [-0.05, 0) is 24.6 Å². The highest BCUT2D eigenvalue weighted by molar-refractivity contribution is 6.05. The Labute approximate surface area is 197 Å². The van der Waals surface area contributed by atoms with Crippen molar-refractivity contribution in [2.24, 2.45) is 0 Å². The number of rotatable bonds is 10. The molecule has 2 aromatic carbocycles. The molecule has 0 saturated carbocycles. The van der Waals surface area contributed by atoms with E-state index in [1.807, 2.05) is 36.4 Å². The number of anilines is 1. The van der Waals surface area contributed by atoms with Crippen molar-refractivity contribution in [3.8, 4) is 11.8 Å². The highest BCUT2D eigenvalue weighted by atomic mass is 16.5. The molecule has 3 aromatic rings. The Morgan fingerprint density at radius 1 is 1.00 bits per heavy atom. The summed E-state index contributed by atoms with van der Waals surface area (Å²) in [6.45, 7) is 1.98. The molecular weight excluding hydrogens is 434 g/mol. The quantitative estimate of drug-likeness (QED) is 0.356. The highest BCUT2D eigenvalue weighted by Gasteiger charge is 2.22. The Kier molecular flexibility index (Phi) is 8.47. The van der Waals surface area contributed by atoms with Crippen molar-refractivity contribution < 1.29 is 23.9 Å². The average molecular weight is 457 g/mol. The molecule has 0 bridgehead atoms. The molecular formula is C26H23N3O5. The summed E-state index contributed by atoms with van der Waals surface area (Å²) >= 11 is 0. The topological polar surface area (TPSA) is 118 Å². The average Bonchev–Trinajstić information content (AvgIpc) is 2.87. The SMILES string of the molecule is CCOC(=O)CCC(=O)c1nc(NC(=O)c2ccccc2)cc(C#N)c1OCc1ccccc1. The summed E-state index contributed by atoms with van der Waals surface area (Å²) in [4.78, 5) is 41.6. The summed E-state index contributed by atoms with van der Waals surface area (Å²) in [5.74, 6) is -1.45. The minimum absolute atomic E-state index is 0.00192. The number of Topliss-reactive ketones (excluding diaryl/α,β-unsaturated/α-hetero) is 1. The van der Waals surface area contributed by atoms with E-state index < -0.39 is 17.7 Å². The zero-order valence-electron chi connectivity index (χ0n) is 18.6. The fourth-order valence-corrected chi connectivity index (χ4v) is 3.09. The van der Waals surface area contributed by atoms with Gasteiger partial charge in [-0.2, -0.15) is 5.26 Å². The van der Waals surface area contributed by atoms with E-state index in [1.54, 1.807) is 37.3 Å². The van der Waals surface area contributed by atoms with Crippen LogP contribution in [-0.4, -0.2) is 29.3 Å². The number of esters is 1. The molecule has 8 heteroatoms. The van der Waals surface area contributed by atoms with E-state index in [2.05, 4.69) is 10.3 Å². The number of hydrogen-bond donors (Lipinski definition) is 1. The van der Waals surface area contributed by atoms with Crippen LogP contribution in [0, 0.1) is 11.3 Å².